The summed E-state index contributed by atoms with van der Waals surface area (Å²) in [7, 11) is 1.32. The third-order valence-corrected chi connectivity index (χ3v) is 3.56. The third kappa shape index (κ3) is 3.68. The number of hydrogen-bond acceptors (Lipinski definition) is 4. The molecule has 1 N–H and O–H groups in total. The van der Waals surface area contributed by atoms with Crippen molar-refractivity contribution < 1.29 is 14.3 Å². The second kappa shape index (κ2) is 6.86. The van der Waals surface area contributed by atoms with Crippen LogP contribution in [0.3, 0.4) is 0 Å². The number of benzene rings is 1. The maximum absolute atomic E-state index is 11.9. The molecule has 1 aromatic carbocycles. The standard InChI is InChI=1S/C15H15NO3S/c1-19-15(18)12-4-2-3-5-13(12)16-14(17)7-6-11-8-9-20-10-11/h2-5,8-10H,6-7H2,1H3,(H,16,17). The number of anilines is 1. The van der Waals surface area contributed by atoms with Gasteiger partial charge in [0.05, 0.1) is 18.4 Å². The number of carbonyl (C=O) groups excluding carboxylic acids is 2. The lowest BCUT2D eigenvalue weighted by atomic mass is 10.1. The van der Waals surface area contributed by atoms with Crippen molar-refractivity contribution in [3.8, 4) is 0 Å². The van der Waals surface area contributed by atoms with E-state index in [1.807, 2.05) is 16.8 Å². The maximum Gasteiger partial charge on any atom is 0.339 e. The molecule has 2 rings (SSSR count). The fourth-order valence-electron chi connectivity index (χ4n) is 1.79. The van der Waals surface area contributed by atoms with E-state index in [4.69, 9.17) is 0 Å². The van der Waals surface area contributed by atoms with Crippen LogP contribution in [0.2, 0.25) is 0 Å². The Labute approximate surface area is 121 Å². The molecule has 2 aromatic rings. The number of methoxy groups -OCH3 is 1. The first-order valence-electron chi connectivity index (χ1n) is 6.19. The van der Waals surface area contributed by atoms with Crippen molar-refractivity contribution in [3.63, 3.8) is 0 Å². The smallest absolute Gasteiger partial charge is 0.339 e. The number of thiophene rings is 1. The Morgan fingerprint density at radius 3 is 2.75 bits per heavy atom. The zero-order valence-corrected chi connectivity index (χ0v) is 11.9. The second-order valence-electron chi connectivity index (χ2n) is 4.22. The molecular formula is C15H15NO3S. The van der Waals surface area contributed by atoms with Crippen molar-refractivity contribution in [2.24, 2.45) is 0 Å². The van der Waals surface area contributed by atoms with Crippen LogP contribution < -0.4 is 5.32 Å². The molecule has 0 saturated carbocycles. The van der Waals surface area contributed by atoms with Gasteiger partial charge < -0.3 is 10.1 Å². The Hall–Kier alpha value is -2.14. The molecule has 4 nitrogen and oxygen atoms in total. The van der Waals surface area contributed by atoms with Crippen LogP contribution in [0.15, 0.2) is 41.1 Å². The van der Waals surface area contributed by atoms with Crippen LogP contribution in [-0.2, 0) is 16.0 Å². The van der Waals surface area contributed by atoms with Crippen molar-refractivity contribution in [1.82, 2.24) is 0 Å². The van der Waals surface area contributed by atoms with Crippen LogP contribution in [0.5, 0.6) is 0 Å². The van der Waals surface area contributed by atoms with E-state index in [0.29, 0.717) is 24.1 Å². The van der Waals surface area contributed by atoms with Crippen molar-refractivity contribution >= 4 is 28.9 Å². The summed E-state index contributed by atoms with van der Waals surface area (Å²) in [6.07, 6.45) is 1.07. The summed E-state index contributed by atoms with van der Waals surface area (Å²) in [6.45, 7) is 0. The first-order valence-corrected chi connectivity index (χ1v) is 7.13. The highest BCUT2D eigenvalue weighted by molar-refractivity contribution is 7.07. The molecule has 1 heterocycles. The number of ether oxygens (including phenoxy) is 1. The molecule has 104 valence electrons. The molecule has 0 radical (unpaired) electrons. The number of aryl methyl sites for hydroxylation is 1. The number of esters is 1. The third-order valence-electron chi connectivity index (χ3n) is 2.83. The Morgan fingerprint density at radius 1 is 1.25 bits per heavy atom. The summed E-state index contributed by atoms with van der Waals surface area (Å²) in [5, 5.41) is 6.76. The minimum atomic E-state index is -0.460. The normalized spacial score (nSPS) is 10.1. The average Bonchev–Trinajstić information content (AvgIpc) is 2.98. The number of para-hydroxylation sites is 1. The monoisotopic (exact) mass is 289 g/mol. The van der Waals surface area contributed by atoms with Crippen LogP contribution in [0.4, 0.5) is 5.69 Å². The molecule has 1 amide bonds. The highest BCUT2D eigenvalue weighted by Crippen LogP contribution is 2.17. The molecule has 0 aliphatic carbocycles. The number of rotatable bonds is 5. The van der Waals surface area contributed by atoms with Gasteiger partial charge in [-0.05, 0) is 40.9 Å². The molecule has 0 bridgehead atoms. The van der Waals surface area contributed by atoms with Gasteiger partial charge in [-0.15, -0.1) is 0 Å². The molecule has 0 spiro atoms. The summed E-state index contributed by atoms with van der Waals surface area (Å²) in [4.78, 5) is 23.5. The van der Waals surface area contributed by atoms with Gasteiger partial charge in [0, 0.05) is 6.42 Å². The van der Waals surface area contributed by atoms with Crippen LogP contribution in [0, 0.1) is 0 Å². The van der Waals surface area contributed by atoms with Crippen LogP contribution in [0.1, 0.15) is 22.3 Å². The average molecular weight is 289 g/mol. The largest absolute Gasteiger partial charge is 0.465 e. The summed E-state index contributed by atoms with van der Waals surface area (Å²) in [6, 6.07) is 8.81. The zero-order chi connectivity index (χ0) is 14.4. The van der Waals surface area contributed by atoms with Crippen molar-refractivity contribution in [3.05, 3.63) is 52.2 Å². The van der Waals surface area contributed by atoms with E-state index in [-0.39, 0.29) is 5.91 Å². The minimum Gasteiger partial charge on any atom is -0.465 e. The SMILES string of the molecule is COC(=O)c1ccccc1NC(=O)CCc1ccsc1. The Bertz CT molecular complexity index is 593. The predicted molar refractivity (Wildman–Crippen MR) is 79.1 cm³/mol. The first-order chi connectivity index (χ1) is 9.70. The molecule has 0 saturated heterocycles. The van der Waals surface area contributed by atoms with E-state index in [1.54, 1.807) is 35.6 Å². The molecule has 0 unspecified atom stereocenters. The number of hydrogen-bond donors (Lipinski definition) is 1. The highest BCUT2D eigenvalue weighted by atomic mass is 32.1. The Kier molecular flexibility index (Phi) is 4.90. The van der Waals surface area contributed by atoms with Crippen LogP contribution in [0.25, 0.3) is 0 Å². The summed E-state index contributed by atoms with van der Waals surface area (Å²) < 4.78 is 4.69. The maximum atomic E-state index is 11.9. The van der Waals surface area contributed by atoms with Gasteiger partial charge >= 0.3 is 5.97 Å². The topological polar surface area (TPSA) is 55.4 Å². The number of amides is 1. The highest BCUT2D eigenvalue weighted by Gasteiger charge is 2.13. The quantitative estimate of drug-likeness (QED) is 0.860. The first kappa shape index (κ1) is 14.3. The molecule has 5 heteroatoms. The van der Waals surface area contributed by atoms with Gasteiger partial charge in [0.25, 0.3) is 0 Å². The predicted octanol–water partition coefficient (Wildman–Crippen LogP) is 3.11. The van der Waals surface area contributed by atoms with Gasteiger partial charge in [-0.2, -0.15) is 11.3 Å². The van der Waals surface area contributed by atoms with Gasteiger partial charge in [0.2, 0.25) is 5.91 Å². The van der Waals surface area contributed by atoms with Gasteiger partial charge in [-0.1, -0.05) is 12.1 Å². The molecular weight excluding hydrogens is 274 g/mol. The lowest BCUT2D eigenvalue weighted by Gasteiger charge is -2.09. The van der Waals surface area contributed by atoms with Gasteiger partial charge in [0.15, 0.2) is 0 Å². The lowest BCUT2D eigenvalue weighted by Crippen LogP contribution is -2.15. The van der Waals surface area contributed by atoms with E-state index in [9.17, 15) is 9.59 Å². The minimum absolute atomic E-state index is 0.118. The fourth-order valence-corrected chi connectivity index (χ4v) is 2.49. The van der Waals surface area contributed by atoms with Gasteiger partial charge in [-0.3, -0.25) is 4.79 Å². The van der Waals surface area contributed by atoms with Crippen molar-refractivity contribution in [2.45, 2.75) is 12.8 Å². The van der Waals surface area contributed by atoms with E-state index < -0.39 is 5.97 Å². The Morgan fingerprint density at radius 2 is 2.05 bits per heavy atom. The van der Waals surface area contributed by atoms with Crippen molar-refractivity contribution in [2.75, 3.05) is 12.4 Å². The molecule has 0 aliphatic heterocycles. The lowest BCUT2D eigenvalue weighted by molar-refractivity contribution is -0.116. The van der Waals surface area contributed by atoms with E-state index >= 15 is 0 Å². The molecule has 20 heavy (non-hydrogen) atoms. The summed E-state index contributed by atoms with van der Waals surface area (Å²) in [5.41, 5.74) is 1.99. The fraction of sp³-hybridized carbons (Fsp3) is 0.200. The van der Waals surface area contributed by atoms with E-state index in [2.05, 4.69) is 10.1 Å². The van der Waals surface area contributed by atoms with Crippen LogP contribution in [-0.4, -0.2) is 19.0 Å². The zero-order valence-electron chi connectivity index (χ0n) is 11.1. The summed E-state index contributed by atoms with van der Waals surface area (Å²) >= 11 is 1.61. The Balaban J connectivity index is 1.99. The molecule has 0 fully saturated rings. The van der Waals surface area contributed by atoms with E-state index in [1.165, 1.54) is 7.11 Å². The summed E-state index contributed by atoms with van der Waals surface area (Å²) in [5.74, 6) is -0.578. The van der Waals surface area contributed by atoms with Gasteiger partial charge in [0.1, 0.15) is 0 Å². The van der Waals surface area contributed by atoms with Gasteiger partial charge in [-0.25, -0.2) is 4.79 Å². The molecule has 1 aromatic heterocycles. The van der Waals surface area contributed by atoms with Crippen LogP contribution >= 0.6 is 11.3 Å². The number of carbonyl (C=O) groups is 2. The molecule has 0 aliphatic rings. The van der Waals surface area contributed by atoms with E-state index in [0.717, 1.165) is 5.56 Å². The molecule has 0 atom stereocenters. The number of nitrogens with one attached hydrogen (secondary N) is 1. The van der Waals surface area contributed by atoms with Crippen molar-refractivity contribution in [1.29, 1.82) is 0 Å². The second-order valence-corrected chi connectivity index (χ2v) is 5.00.